The zero-order valence-electron chi connectivity index (χ0n) is 30.6. The highest BCUT2D eigenvalue weighted by molar-refractivity contribution is 6.27. The minimum Gasteiger partial charge on any atom is -0.309 e. The summed E-state index contributed by atoms with van der Waals surface area (Å²) in [6, 6.07) is 50.0. The SMILES string of the molecule is C=C\C=C/C=C/C=C1\C=CC=CC1=NC(=N)n1c2ccccc2c2c3ccccc3c(-c3ccc4c(c3)c3ccccc3n4-c3cccc4ccccc34)cc21. The van der Waals surface area contributed by atoms with Crippen molar-refractivity contribution < 1.29 is 0 Å². The van der Waals surface area contributed by atoms with E-state index in [-0.39, 0.29) is 5.96 Å². The Balaban J connectivity index is 1.19. The maximum atomic E-state index is 9.58. The van der Waals surface area contributed by atoms with E-state index in [9.17, 15) is 5.41 Å². The molecule has 1 aliphatic rings. The van der Waals surface area contributed by atoms with Gasteiger partial charge in [-0.2, -0.15) is 0 Å². The zero-order valence-corrected chi connectivity index (χ0v) is 30.6. The number of rotatable bonds is 5. The van der Waals surface area contributed by atoms with Gasteiger partial charge in [0.25, 0.3) is 0 Å². The average molecular weight is 717 g/mol. The molecular formula is C52H36N4. The topological polar surface area (TPSA) is 46.1 Å². The van der Waals surface area contributed by atoms with Crippen LogP contribution in [0.15, 0.2) is 217 Å². The molecule has 1 N–H and O–H groups in total. The fourth-order valence-electron chi connectivity index (χ4n) is 8.36. The first-order valence-electron chi connectivity index (χ1n) is 18.8. The molecule has 7 aromatic carbocycles. The minimum absolute atomic E-state index is 0.155. The molecule has 0 saturated heterocycles. The summed E-state index contributed by atoms with van der Waals surface area (Å²) in [5.74, 6) is 0.155. The van der Waals surface area contributed by atoms with Crippen molar-refractivity contribution in [1.82, 2.24) is 9.13 Å². The van der Waals surface area contributed by atoms with Crippen LogP contribution in [-0.4, -0.2) is 20.8 Å². The number of aromatic nitrogens is 2. The van der Waals surface area contributed by atoms with Crippen molar-refractivity contribution in [3.63, 3.8) is 0 Å². The summed E-state index contributed by atoms with van der Waals surface area (Å²) in [7, 11) is 0. The predicted molar refractivity (Wildman–Crippen MR) is 240 cm³/mol. The Bertz CT molecular complexity index is 3280. The van der Waals surface area contributed by atoms with Crippen molar-refractivity contribution in [2.45, 2.75) is 0 Å². The number of hydrogen-bond donors (Lipinski definition) is 1. The third-order valence-electron chi connectivity index (χ3n) is 10.8. The first-order valence-corrected chi connectivity index (χ1v) is 18.8. The normalized spacial score (nSPS) is 14.7. The number of benzene rings is 7. The summed E-state index contributed by atoms with van der Waals surface area (Å²) in [5, 5.41) is 18.9. The molecule has 0 aliphatic heterocycles. The summed E-state index contributed by atoms with van der Waals surface area (Å²) in [5.41, 5.74) is 9.29. The van der Waals surface area contributed by atoms with Gasteiger partial charge in [0, 0.05) is 32.5 Å². The van der Waals surface area contributed by atoms with E-state index in [2.05, 4.69) is 145 Å². The van der Waals surface area contributed by atoms with Crippen molar-refractivity contribution in [3.8, 4) is 16.8 Å². The van der Waals surface area contributed by atoms with Gasteiger partial charge in [0.15, 0.2) is 0 Å². The lowest BCUT2D eigenvalue weighted by Crippen LogP contribution is -2.12. The van der Waals surface area contributed by atoms with Crippen molar-refractivity contribution in [2.75, 3.05) is 0 Å². The van der Waals surface area contributed by atoms with Gasteiger partial charge >= 0.3 is 0 Å². The Hall–Kier alpha value is -7.56. The van der Waals surface area contributed by atoms with Crippen LogP contribution in [0.5, 0.6) is 0 Å². The molecule has 9 aromatic rings. The Morgan fingerprint density at radius 3 is 2.09 bits per heavy atom. The first-order chi connectivity index (χ1) is 27.7. The third kappa shape index (κ3) is 5.39. The van der Waals surface area contributed by atoms with Gasteiger partial charge in [-0.15, -0.1) is 0 Å². The van der Waals surface area contributed by atoms with Gasteiger partial charge in [-0.25, -0.2) is 4.99 Å². The lowest BCUT2D eigenvalue weighted by molar-refractivity contribution is 1.19. The molecule has 4 heteroatoms. The molecule has 2 aromatic heterocycles. The van der Waals surface area contributed by atoms with Crippen molar-refractivity contribution in [1.29, 1.82) is 5.41 Å². The van der Waals surface area contributed by atoms with Crippen LogP contribution in [0.4, 0.5) is 0 Å². The molecule has 0 fully saturated rings. The van der Waals surface area contributed by atoms with Crippen LogP contribution in [0.2, 0.25) is 0 Å². The third-order valence-corrected chi connectivity index (χ3v) is 10.8. The number of para-hydroxylation sites is 2. The standard InChI is InChI=1S/C52H36N4/c1-2-3-4-5-6-19-36-20-8-14-27-45(36)54-52(53)56-48-29-16-13-26-42(48)51-41-25-11-10-23-39(41)43(34-50(51)56)37-31-32-49-44(33-37)40-24-12-15-28-47(40)55(49)46-30-17-21-35-18-7-9-22-38(35)46/h2-34,53H,1H2/b4-3-,6-5+,36-19+,53-52?,54-45?. The fraction of sp³-hybridized carbons (Fsp3) is 0. The molecule has 1 aliphatic carbocycles. The Labute approximate surface area is 324 Å². The predicted octanol–water partition coefficient (Wildman–Crippen LogP) is 13.4. The van der Waals surface area contributed by atoms with Crippen LogP contribution in [0.3, 0.4) is 0 Å². The van der Waals surface area contributed by atoms with Gasteiger partial charge in [-0.05, 0) is 69.8 Å². The molecule has 2 heterocycles. The van der Waals surface area contributed by atoms with Crippen LogP contribution >= 0.6 is 0 Å². The number of aliphatic imine (C=N–C) groups is 1. The van der Waals surface area contributed by atoms with E-state index >= 15 is 0 Å². The lowest BCUT2D eigenvalue weighted by Gasteiger charge is -2.13. The highest BCUT2D eigenvalue weighted by Gasteiger charge is 2.21. The summed E-state index contributed by atoms with van der Waals surface area (Å²) < 4.78 is 4.41. The number of nitrogens with zero attached hydrogens (tertiary/aromatic N) is 3. The zero-order chi connectivity index (χ0) is 37.6. The molecule has 0 spiro atoms. The molecule has 0 saturated carbocycles. The van der Waals surface area contributed by atoms with E-state index in [0.29, 0.717) is 0 Å². The molecule has 0 bridgehead atoms. The Kier molecular flexibility index (Phi) is 8.08. The van der Waals surface area contributed by atoms with Gasteiger partial charge in [-0.3, -0.25) is 9.98 Å². The van der Waals surface area contributed by atoms with Crippen LogP contribution < -0.4 is 0 Å². The second-order valence-electron chi connectivity index (χ2n) is 14.0. The van der Waals surface area contributed by atoms with Gasteiger partial charge in [0.05, 0.1) is 33.5 Å². The van der Waals surface area contributed by atoms with Crippen LogP contribution in [-0.2, 0) is 0 Å². The van der Waals surface area contributed by atoms with Crippen LogP contribution in [0.25, 0.3) is 82.0 Å². The van der Waals surface area contributed by atoms with Gasteiger partial charge in [0.1, 0.15) is 0 Å². The molecule has 0 unspecified atom stereocenters. The first kappa shape index (κ1) is 33.0. The number of hydrogen-bond acceptors (Lipinski definition) is 1. The lowest BCUT2D eigenvalue weighted by atomic mass is 9.94. The summed E-state index contributed by atoms with van der Waals surface area (Å²) in [6.07, 6.45) is 19.5. The molecule has 0 radical (unpaired) electrons. The molecule has 10 rings (SSSR count). The minimum atomic E-state index is 0.155. The van der Waals surface area contributed by atoms with E-state index in [4.69, 9.17) is 4.99 Å². The molecule has 4 nitrogen and oxygen atoms in total. The molecule has 0 atom stereocenters. The van der Waals surface area contributed by atoms with E-state index < -0.39 is 0 Å². The van der Waals surface area contributed by atoms with Crippen LogP contribution in [0, 0.1) is 5.41 Å². The van der Waals surface area contributed by atoms with Crippen LogP contribution in [0.1, 0.15) is 0 Å². The highest BCUT2D eigenvalue weighted by Crippen LogP contribution is 2.42. The van der Waals surface area contributed by atoms with Gasteiger partial charge in [-0.1, -0.05) is 164 Å². The fourth-order valence-corrected chi connectivity index (χ4v) is 8.36. The van der Waals surface area contributed by atoms with Crippen molar-refractivity contribution in [2.24, 2.45) is 4.99 Å². The monoisotopic (exact) mass is 716 g/mol. The van der Waals surface area contributed by atoms with Crippen molar-refractivity contribution >= 4 is 76.8 Å². The maximum absolute atomic E-state index is 9.58. The van der Waals surface area contributed by atoms with E-state index in [1.807, 2.05) is 65.3 Å². The Morgan fingerprint density at radius 1 is 0.554 bits per heavy atom. The van der Waals surface area contributed by atoms with E-state index in [1.54, 1.807) is 6.08 Å². The maximum Gasteiger partial charge on any atom is 0.227 e. The highest BCUT2D eigenvalue weighted by atomic mass is 15.1. The second kappa shape index (κ2) is 13.7. The molecule has 0 amide bonds. The van der Waals surface area contributed by atoms with Gasteiger partial charge in [0.2, 0.25) is 5.96 Å². The summed E-state index contributed by atoms with van der Waals surface area (Å²) in [6.45, 7) is 3.74. The molecule has 264 valence electrons. The number of nitrogens with one attached hydrogen (secondary N) is 1. The summed E-state index contributed by atoms with van der Waals surface area (Å²) in [4.78, 5) is 4.97. The molecular weight excluding hydrogens is 681 g/mol. The Morgan fingerprint density at radius 2 is 1.23 bits per heavy atom. The smallest absolute Gasteiger partial charge is 0.227 e. The quantitative estimate of drug-likeness (QED) is 0.105. The second-order valence-corrected chi connectivity index (χ2v) is 14.0. The number of fused-ring (bicyclic) bond motifs is 9. The molecule has 56 heavy (non-hydrogen) atoms. The summed E-state index contributed by atoms with van der Waals surface area (Å²) >= 11 is 0. The van der Waals surface area contributed by atoms with E-state index in [1.165, 1.54) is 38.1 Å². The van der Waals surface area contributed by atoms with E-state index in [0.717, 1.165) is 55.1 Å². The van der Waals surface area contributed by atoms with Crippen molar-refractivity contribution in [3.05, 3.63) is 212 Å². The largest absolute Gasteiger partial charge is 0.309 e. The average Bonchev–Trinajstić information content (AvgIpc) is 3.76. The number of allylic oxidation sites excluding steroid dienone is 11. The van der Waals surface area contributed by atoms with Gasteiger partial charge < -0.3 is 4.57 Å².